The molecule has 1 unspecified atom stereocenters. The Morgan fingerprint density at radius 3 is 2.43 bits per heavy atom. The summed E-state index contributed by atoms with van der Waals surface area (Å²) in [6.07, 6.45) is 6.50. The van der Waals surface area contributed by atoms with Gasteiger partial charge in [0.15, 0.2) is 0 Å². The van der Waals surface area contributed by atoms with Crippen LogP contribution in [0.15, 0.2) is 42.5 Å². The molecule has 0 spiro atoms. The zero-order valence-electron chi connectivity index (χ0n) is 22.2. The topological polar surface area (TPSA) is 73.9 Å². The van der Waals surface area contributed by atoms with E-state index < -0.39 is 0 Å². The molecule has 2 aromatic rings. The number of nitrogens with one attached hydrogen (secondary N) is 2. The number of hydrogen-bond donors (Lipinski definition) is 2. The number of piperazine rings is 1. The van der Waals surface area contributed by atoms with E-state index in [1.807, 2.05) is 18.2 Å². The highest BCUT2D eigenvalue weighted by Gasteiger charge is 2.40. The Labute approximate surface area is 220 Å². The fourth-order valence-corrected chi connectivity index (χ4v) is 5.99. The van der Waals surface area contributed by atoms with Gasteiger partial charge in [-0.1, -0.05) is 18.2 Å². The number of amides is 2. The highest BCUT2D eigenvalue weighted by atomic mass is 16.5. The van der Waals surface area contributed by atoms with Crippen LogP contribution in [-0.4, -0.2) is 68.5 Å². The molecule has 5 rings (SSSR count). The first-order valence-corrected chi connectivity index (χ1v) is 13.7. The molecule has 2 N–H and O–H groups in total. The fourth-order valence-electron chi connectivity index (χ4n) is 5.99. The first-order chi connectivity index (χ1) is 17.9. The van der Waals surface area contributed by atoms with E-state index in [1.54, 1.807) is 7.11 Å². The molecule has 0 aromatic heterocycles. The molecule has 0 radical (unpaired) electrons. The summed E-state index contributed by atoms with van der Waals surface area (Å²) in [4.78, 5) is 30.2. The molecule has 2 aliphatic carbocycles. The second-order valence-corrected chi connectivity index (χ2v) is 11.1. The highest BCUT2D eigenvalue weighted by Crippen LogP contribution is 2.41. The molecule has 198 valence electrons. The van der Waals surface area contributed by atoms with Crippen molar-refractivity contribution in [3.63, 3.8) is 0 Å². The normalized spacial score (nSPS) is 21.4. The second-order valence-electron chi connectivity index (χ2n) is 11.1. The van der Waals surface area contributed by atoms with Crippen LogP contribution in [0.3, 0.4) is 0 Å². The van der Waals surface area contributed by atoms with Crippen molar-refractivity contribution in [3.8, 4) is 5.75 Å². The summed E-state index contributed by atoms with van der Waals surface area (Å²) in [6.45, 7) is 4.35. The number of benzene rings is 2. The van der Waals surface area contributed by atoms with Crippen LogP contribution < -0.4 is 15.4 Å². The predicted molar refractivity (Wildman–Crippen MR) is 146 cm³/mol. The zero-order chi connectivity index (χ0) is 25.8. The van der Waals surface area contributed by atoms with Gasteiger partial charge in [0.25, 0.3) is 0 Å². The molecule has 0 bridgehead atoms. The summed E-state index contributed by atoms with van der Waals surface area (Å²) >= 11 is 0. The van der Waals surface area contributed by atoms with Crippen molar-refractivity contribution in [1.82, 2.24) is 15.1 Å². The Morgan fingerprint density at radius 2 is 1.76 bits per heavy atom. The van der Waals surface area contributed by atoms with Gasteiger partial charge in [0.1, 0.15) is 5.75 Å². The lowest BCUT2D eigenvalue weighted by Crippen LogP contribution is -2.55. The van der Waals surface area contributed by atoms with Crippen LogP contribution in [0.4, 0.5) is 5.69 Å². The minimum absolute atomic E-state index is 0.0635. The Bertz CT molecular complexity index is 1100. The van der Waals surface area contributed by atoms with Gasteiger partial charge in [-0.15, -0.1) is 0 Å². The third-order valence-electron chi connectivity index (χ3n) is 8.49. The van der Waals surface area contributed by atoms with Gasteiger partial charge in [-0.3, -0.25) is 14.5 Å². The lowest BCUT2D eigenvalue weighted by molar-refractivity contribution is -0.126. The molecule has 1 heterocycles. The molecule has 2 amide bonds. The van der Waals surface area contributed by atoms with Crippen LogP contribution in [0.1, 0.15) is 48.8 Å². The summed E-state index contributed by atoms with van der Waals surface area (Å²) in [5.41, 5.74) is 4.34. The molecule has 3 aliphatic rings. The number of hydrogen-bond acceptors (Lipinski definition) is 5. The standard InChI is InChI=1S/C30H40N4O3/c1-33-14-16-34(17-15-33)21-29(36)32-30(12-3-13-30)25-7-9-26(10-8-25)31-28(35)19-22-4-5-24-20-27(37-2)11-6-23(24)18-22/h6-11,20,22H,3-5,12-19,21H2,1-2H3,(H,31,35)(H,32,36). The third kappa shape index (κ3) is 6.16. The van der Waals surface area contributed by atoms with Gasteiger partial charge in [0, 0.05) is 38.3 Å². The van der Waals surface area contributed by atoms with Crippen LogP contribution in [0.25, 0.3) is 0 Å². The predicted octanol–water partition coefficient (Wildman–Crippen LogP) is 3.57. The van der Waals surface area contributed by atoms with Gasteiger partial charge in [-0.25, -0.2) is 0 Å². The lowest BCUT2D eigenvalue weighted by Gasteiger charge is -2.44. The molecule has 1 saturated heterocycles. The van der Waals surface area contributed by atoms with Crippen LogP contribution in [0, 0.1) is 5.92 Å². The average molecular weight is 505 g/mol. The summed E-state index contributed by atoms with van der Waals surface area (Å²) in [7, 11) is 3.82. The molecule has 1 saturated carbocycles. The van der Waals surface area contributed by atoms with Gasteiger partial charge in [-0.05, 0) is 92.4 Å². The Balaban J connectivity index is 1.13. The quantitative estimate of drug-likeness (QED) is 0.575. The van der Waals surface area contributed by atoms with Crippen molar-refractivity contribution in [1.29, 1.82) is 0 Å². The van der Waals surface area contributed by atoms with E-state index in [0.29, 0.717) is 18.9 Å². The summed E-state index contributed by atoms with van der Waals surface area (Å²) in [5, 5.41) is 6.43. The highest BCUT2D eigenvalue weighted by molar-refractivity contribution is 5.91. The van der Waals surface area contributed by atoms with E-state index in [4.69, 9.17) is 4.74 Å². The number of ether oxygens (including phenoxy) is 1. The maximum Gasteiger partial charge on any atom is 0.234 e. The number of fused-ring (bicyclic) bond motifs is 1. The molecular weight excluding hydrogens is 464 g/mol. The fraction of sp³-hybridized carbons (Fsp3) is 0.533. The molecule has 7 heteroatoms. The second kappa shape index (κ2) is 11.2. The maximum atomic E-state index is 12.9. The van der Waals surface area contributed by atoms with Crippen molar-refractivity contribution in [2.45, 2.75) is 50.5 Å². The molecular formula is C30H40N4O3. The van der Waals surface area contributed by atoms with Crippen molar-refractivity contribution in [2.24, 2.45) is 5.92 Å². The van der Waals surface area contributed by atoms with Crippen LogP contribution >= 0.6 is 0 Å². The van der Waals surface area contributed by atoms with Gasteiger partial charge in [0.05, 0.1) is 19.2 Å². The first kappa shape index (κ1) is 25.7. The first-order valence-electron chi connectivity index (χ1n) is 13.7. The van der Waals surface area contributed by atoms with Crippen LogP contribution in [0.5, 0.6) is 5.75 Å². The van der Waals surface area contributed by atoms with Crippen molar-refractivity contribution in [2.75, 3.05) is 52.2 Å². The molecule has 2 fully saturated rings. The minimum atomic E-state index is -0.273. The number of carbonyl (C=O) groups is 2. The summed E-state index contributed by atoms with van der Waals surface area (Å²) in [5.74, 6) is 1.42. The van der Waals surface area contributed by atoms with E-state index in [1.165, 1.54) is 11.1 Å². The van der Waals surface area contributed by atoms with Crippen LogP contribution in [0.2, 0.25) is 0 Å². The number of nitrogens with zero attached hydrogens (tertiary/aromatic N) is 2. The van der Waals surface area contributed by atoms with Gasteiger partial charge >= 0.3 is 0 Å². The van der Waals surface area contributed by atoms with Crippen LogP contribution in [-0.2, 0) is 28.0 Å². The van der Waals surface area contributed by atoms with Crippen molar-refractivity contribution >= 4 is 17.5 Å². The lowest BCUT2D eigenvalue weighted by atomic mass is 9.71. The molecule has 2 aromatic carbocycles. The minimum Gasteiger partial charge on any atom is -0.497 e. The van der Waals surface area contributed by atoms with Gasteiger partial charge in [-0.2, -0.15) is 0 Å². The number of rotatable bonds is 8. The molecule has 7 nitrogen and oxygen atoms in total. The monoisotopic (exact) mass is 504 g/mol. The Morgan fingerprint density at radius 1 is 1.00 bits per heavy atom. The number of likely N-dealkylation sites (N-methyl/N-ethyl adjacent to an activating group) is 1. The number of anilines is 1. The van der Waals surface area contributed by atoms with E-state index >= 15 is 0 Å². The summed E-state index contributed by atoms with van der Waals surface area (Å²) < 4.78 is 5.34. The van der Waals surface area contributed by atoms with E-state index in [9.17, 15) is 9.59 Å². The molecule has 1 aliphatic heterocycles. The van der Waals surface area contributed by atoms with Gasteiger partial charge < -0.3 is 20.3 Å². The number of methoxy groups -OCH3 is 1. The average Bonchev–Trinajstić information content (AvgIpc) is 2.88. The van der Waals surface area contributed by atoms with Crippen molar-refractivity contribution < 1.29 is 14.3 Å². The smallest absolute Gasteiger partial charge is 0.234 e. The van der Waals surface area contributed by atoms with E-state index in [-0.39, 0.29) is 17.4 Å². The maximum absolute atomic E-state index is 12.9. The Hall–Kier alpha value is -2.90. The third-order valence-corrected chi connectivity index (χ3v) is 8.49. The number of aryl methyl sites for hydroxylation is 1. The van der Waals surface area contributed by atoms with Crippen molar-refractivity contribution in [3.05, 3.63) is 59.2 Å². The Kier molecular flexibility index (Phi) is 7.81. The molecule has 1 atom stereocenters. The van der Waals surface area contributed by atoms with E-state index in [0.717, 1.165) is 81.7 Å². The molecule has 37 heavy (non-hydrogen) atoms. The number of carbonyl (C=O) groups excluding carboxylic acids is 2. The van der Waals surface area contributed by atoms with Gasteiger partial charge in [0.2, 0.25) is 11.8 Å². The largest absolute Gasteiger partial charge is 0.497 e. The summed E-state index contributed by atoms with van der Waals surface area (Å²) in [6, 6.07) is 14.3. The van der Waals surface area contributed by atoms with E-state index in [2.05, 4.69) is 51.7 Å². The SMILES string of the molecule is COc1ccc2c(c1)CCC(CC(=O)Nc1ccc(C3(NC(=O)CN4CCN(C)CC4)CCC3)cc1)C2. The zero-order valence-corrected chi connectivity index (χ0v) is 22.2.